The van der Waals surface area contributed by atoms with Gasteiger partial charge < -0.3 is 15.4 Å². The SMILES string of the molecule is COc1ccc(C)cc1C(C)NC(=O)CNC(=O)c1ccccc1C. The van der Waals surface area contributed by atoms with E-state index in [0.29, 0.717) is 5.56 Å². The van der Waals surface area contributed by atoms with Crippen LogP contribution < -0.4 is 15.4 Å². The fraction of sp³-hybridized carbons (Fsp3) is 0.300. The van der Waals surface area contributed by atoms with Crippen LogP contribution >= 0.6 is 0 Å². The molecule has 5 nitrogen and oxygen atoms in total. The van der Waals surface area contributed by atoms with Gasteiger partial charge in [0.1, 0.15) is 5.75 Å². The first-order chi connectivity index (χ1) is 11.9. The fourth-order valence-corrected chi connectivity index (χ4v) is 2.65. The van der Waals surface area contributed by atoms with Crippen LogP contribution in [0.5, 0.6) is 5.75 Å². The summed E-state index contributed by atoms with van der Waals surface area (Å²) in [5, 5.41) is 5.54. The van der Waals surface area contributed by atoms with Crippen LogP contribution in [-0.4, -0.2) is 25.5 Å². The molecule has 2 N–H and O–H groups in total. The number of benzene rings is 2. The Hall–Kier alpha value is -2.82. The van der Waals surface area contributed by atoms with E-state index in [9.17, 15) is 9.59 Å². The van der Waals surface area contributed by atoms with E-state index < -0.39 is 0 Å². The standard InChI is InChI=1S/C20H24N2O3/c1-13-9-10-18(25-4)17(11-13)15(3)22-19(23)12-21-20(24)16-8-6-5-7-14(16)2/h5-11,15H,12H2,1-4H3,(H,21,24)(H,22,23). The molecule has 2 aromatic rings. The molecule has 132 valence electrons. The monoisotopic (exact) mass is 340 g/mol. The van der Waals surface area contributed by atoms with Crippen LogP contribution in [0.2, 0.25) is 0 Å². The van der Waals surface area contributed by atoms with Gasteiger partial charge in [0.25, 0.3) is 5.91 Å². The summed E-state index contributed by atoms with van der Waals surface area (Å²) in [6, 6.07) is 12.9. The van der Waals surface area contributed by atoms with Crippen molar-refractivity contribution in [2.24, 2.45) is 0 Å². The largest absolute Gasteiger partial charge is 0.496 e. The van der Waals surface area contributed by atoms with E-state index in [-0.39, 0.29) is 24.4 Å². The summed E-state index contributed by atoms with van der Waals surface area (Å²) in [7, 11) is 1.60. The number of hydrogen-bond acceptors (Lipinski definition) is 3. The molecule has 0 fully saturated rings. The van der Waals surface area contributed by atoms with Gasteiger partial charge in [0, 0.05) is 11.1 Å². The smallest absolute Gasteiger partial charge is 0.251 e. The highest BCUT2D eigenvalue weighted by Crippen LogP contribution is 2.25. The van der Waals surface area contributed by atoms with Gasteiger partial charge in [-0.2, -0.15) is 0 Å². The summed E-state index contributed by atoms with van der Waals surface area (Å²) >= 11 is 0. The second-order valence-electron chi connectivity index (χ2n) is 6.03. The van der Waals surface area contributed by atoms with E-state index in [4.69, 9.17) is 4.74 Å². The van der Waals surface area contributed by atoms with E-state index >= 15 is 0 Å². The molecular formula is C20H24N2O3. The average Bonchev–Trinajstić information content (AvgIpc) is 2.60. The minimum Gasteiger partial charge on any atom is -0.496 e. The number of rotatable bonds is 6. The number of hydrogen-bond donors (Lipinski definition) is 2. The van der Waals surface area contributed by atoms with Crippen LogP contribution in [0, 0.1) is 13.8 Å². The molecule has 0 aliphatic rings. The maximum Gasteiger partial charge on any atom is 0.251 e. The summed E-state index contributed by atoms with van der Waals surface area (Å²) in [5.74, 6) is 0.217. The number of aryl methyl sites for hydroxylation is 2. The minimum absolute atomic E-state index is 0.0777. The van der Waals surface area contributed by atoms with Gasteiger partial charge in [-0.25, -0.2) is 0 Å². The fourth-order valence-electron chi connectivity index (χ4n) is 2.65. The highest BCUT2D eigenvalue weighted by Gasteiger charge is 2.15. The van der Waals surface area contributed by atoms with Gasteiger partial charge in [0.2, 0.25) is 5.91 Å². The highest BCUT2D eigenvalue weighted by molar-refractivity contribution is 5.97. The molecule has 0 saturated carbocycles. The number of methoxy groups -OCH3 is 1. The molecule has 25 heavy (non-hydrogen) atoms. The van der Waals surface area contributed by atoms with Crippen LogP contribution in [0.1, 0.15) is 40.0 Å². The normalized spacial score (nSPS) is 11.5. The number of carbonyl (C=O) groups is 2. The lowest BCUT2D eigenvalue weighted by molar-refractivity contribution is -0.120. The van der Waals surface area contributed by atoms with Crippen molar-refractivity contribution in [3.8, 4) is 5.75 Å². The molecule has 2 amide bonds. The molecule has 0 heterocycles. The Morgan fingerprint density at radius 2 is 1.84 bits per heavy atom. The summed E-state index contributed by atoms with van der Waals surface area (Å²) in [5.41, 5.74) is 3.44. The molecule has 5 heteroatoms. The predicted molar refractivity (Wildman–Crippen MR) is 97.8 cm³/mol. The molecule has 0 radical (unpaired) electrons. The molecule has 0 saturated heterocycles. The lowest BCUT2D eigenvalue weighted by Crippen LogP contribution is -2.38. The second-order valence-corrected chi connectivity index (χ2v) is 6.03. The van der Waals surface area contributed by atoms with E-state index in [1.54, 1.807) is 19.2 Å². The third-order valence-corrected chi connectivity index (χ3v) is 4.03. The second kappa shape index (κ2) is 8.33. The summed E-state index contributed by atoms with van der Waals surface area (Å²) in [6.45, 7) is 5.66. The van der Waals surface area contributed by atoms with E-state index in [1.165, 1.54) is 0 Å². The number of ether oxygens (including phenoxy) is 1. The molecule has 0 aliphatic heterocycles. The van der Waals surface area contributed by atoms with Gasteiger partial charge in [-0.3, -0.25) is 9.59 Å². The third-order valence-electron chi connectivity index (χ3n) is 4.03. The van der Waals surface area contributed by atoms with Crippen LogP contribution in [0.3, 0.4) is 0 Å². The van der Waals surface area contributed by atoms with Crippen LogP contribution in [0.15, 0.2) is 42.5 Å². The van der Waals surface area contributed by atoms with Crippen molar-refractivity contribution in [2.45, 2.75) is 26.8 Å². The van der Waals surface area contributed by atoms with Gasteiger partial charge in [-0.05, 0) is 38.5 Å². The van der Waals surface area contributed by atoms with Gasteiger partial charge in [-0.1, -0.05) is 35.9 Å². The Morgan fingerprint density at radius 3 is 2.52 bits per heavy atom. The van der Waals surface area contributed by atoms with Crippen molar-refractivity contribution in [1.29, 1.82) is 0 Å². The van der Waals surface area contributed by atoms with E-state index in [0.717, 1.165) is 22.4 Å². The van der Waals surface area contributed by atoms with Gasteiger partial charge in [0.05, 0.1) is 19.7 Å². The third kappa shape index (κ3) is 4.83. The first-order valence-electron chi connectivity index (χ1n) is 8.20. The Morgan fingerprint density at radius 1 is 1.12 bits per heavy atom. The Balaban J connectivity index is 1.95. The number of carbonyl (C=O) groups excluding carboxylic acids is 2. The first kappa shape index (κ1) is 18.5. The van der Waals surface area contributed by atoms with Gasteiger partial charge in [-0.15, -0.1) is 0 Å². The Labute approximate surface area is 148 Å². The van der Waals surface area contributed by atoms with Crippen LogP contribution in [0.4, 0.5) is 0 Å². The lowest BCUT2D eigenvalue weighted by Gasteiger charge is -2.18. The number of amides is 2. The van der Waals surface area contributed by atoms with Gasteiger partial charge in [0.15, 0.2) is 0 Å². The van der Waals surface area contributed by atoms with Crippen molar-refractivity contribution in [2.75, 3.05) is 13.7 Å². The van der Waals surface area contributed by atoms with Crippen molar-refractivity contribution in [3.05, 3.63) is 64.7 Å². The summed E-state index contributed by atoms with van der Waals surface area (Å²) in [6.07, 6.45) is 0. The minimum atomic E-state index is -0.256. The topological polar surface area (TPSA) is 67.4 Å². The van der Waals surface area contributed by atoms with Crippen molar-refractivity contribution in [3.63, 3.8) is 0 Å². The maximum absolute atomic E-state index is 12.2. The molecular weight excluding hydrogens is 316 g/mol. The zero-order valence-electron chi connectivity index (χ0n) is 15.1. The molecule has 0 aromatic heterocycles. The van der Waals surface area contributed by atoms with E-state index in [2.05, 4.69) is 10.6 Å². The first-order valence-corrected chi connectivity index (χ1v) is 8.20. The quantitative estimate of drug-likeness (QED) is 0.850. The van der Waals surface area contributed by atoms with Crippen molar-refractivity contribution < 1.29 is 14.3 Å². The molecule has 0 spiro atoms. The molecule has 0 bridgehead atoms. The molecule has 2 rings (SSSR count). The van der Waals surface area contributed by atoms with Crippen LogP contribution in [0.25, 0.3) is 0 Å². The Bertz CT molecular complexity index is 771. The molecule has 1 atom stereocenters. The zero-order chi connectivity index (χ0) is 18.4. The summed E-state index contributed by atoms with van der Waals surface area (Å²) < 4.78 is 5.35. The highest BCUT2D eigenvalue weighted by atomic mass is 16.5. The van der Waals surface area contributed by atoms with Crippen LogP contribution in [-0.2, 0) is 4.79 Å². The lowest BCUT2D eigenvalue weighted by atomic mass is 10.0. The van der Waals surface area contributed by atoms with Crippen molar-refractivity contribution >= 4 is 11.8 Å². The number of nitrogens with one attached hydrogen (secondary N) is 2. The van der Waals surface area contributed by atoms with E-state index in [1.807, 2.05) is 51.1 Å². The average molecular weight is 340 g/mol. The maximum atomic E-state index is 12.2. The molecule has 1 unspecified atom stereocenters. The Kier molecular flexibility index (Phi) is 6.17. The molecule has 2 aromatic carbocycles. The summed E-state index contributed by atoms with van der Waals surface area (Å²) in [4.78, 5) is 24.3. The van der Waals surface area contributed by atoms with Crippen molar-refractivity contribution in [1.82, 2.24) is 10.6 Å². The molecule has 0 aliphatic carbocycles. The van der Waals surface area contributed by atoms with Gasteiger partial charge >= 0.3 is 0 Å². The zero-order valence-corrected chi connectivity index (χ0v) is 15.1. The predicted octanol–water partition coefficient (Wildman–Crippen LogP) is 2.92.